The van der Waals surface area contributed by atoms with E-state index in [1.165, 1.54) is 6.42 Å². The molecule has 0 aliphatic heterocycles. The minimum absolute atomic E-state index is 0.0600. The van der Waals surface area contributed by atoms with Gasteiger partial charge < -0.3 is 9.84 Å². The molecule has 19 heavy (non-hydrogen) atoms. The van der Waals surface area contributed by atoms with Crippen LogP contribution in [0.15, 0.2) is 6.20 Å². The summed E-state index contributed by atoms with van der Waals surface area (Å²) in [5.41, 5.74) is 0.0481. The fourth-order valence-electron chi connectivity index (χ4n) is 3.65. The maximum atomic E-state index is 11.4. The predicted molar refractivity (Wildman–Crippen MR) is 75.1 cm³/mol. The van der Waals surface area contributed by atoms with Crippen LogP contribution < -0.4 is 4.74 Å². The molecule has 1 saturated carbocycles. The molecule has 1 aromatic rings. The lowest BCUT2D eigenvalue weighted by Gasteiger charge is -2.46. The molecule has 0 spiro atoms. The lowest BCUT2D eigenvalue weighted by Crippen LogP contribution is -2.45. The first-order valence-electron chi connectivity index (χ1n) is 7.09. The van der Waals surface area contributed by atoms with Gasteiger partial charge in [0.15, 0.2) is 5.75 Å². The first-order chi connectivity index (χ1) is 8.80. The number of nitrogens with zero attached hydrogens (tertiary/aromatic N) is 2. The van der Waals surface area contributed by atoms with Crippen LogP contribution in [0.25, 0.3) is 0 Å². The zero-order valence-electron chi connectivity index (χ0n) is 12.7. The second-order valence-electron chi connectivity index (χ2n) is 6.77. The van der Waals surface area contributed by atoms with E-state index < -0.39 is 5.60 Å². The number of hydrogen-bond donors (Lipinski definition) is 1. The Morgan fingerprint density at radius 2 is 2.11 bits per heavy atom. The zero-order valence-corrected chi connectivity index (χ0v) is 12.7. The first kappa shape index (κ1) is 14.4. The predicted octanol–water partition coefficient (Wildman–Crippen LogP) is 2.85. The number of aromatic nitrogens is 2. The van der Waals surface area contributed by atoms with E-state index >= 15 is 0 Å². The summed E-state index contributed by atoms with van der Waals surface area (Å²) < 4.78 is 7.17. The molecule has 2 unspecified atom stereocenters. The molecule has 2 atom stereocenters. The first-order valence-corrected chi connectivity index (χ1v) is 7.09. The summed E-state index contributed by atoms with van der Waals surface area (Å²) in [6, 6.07) is 0. The highest BCUT2D eigenvalue weighted by atomic mass is 16.5. The minimum atomic E-state index is -0.840. The van der Waals surface area contributed by atoms with Gasteiger partial charge in [-0.1, -0.05) is 33.6 Å². The van der Waals surface area contributed by atoms with Crippen molar-refractivity contribution < 1.29 is 9.84 Å². The molecule has 1 aromatic heterocycles. The van der Waals surface area contributed by atoms with Gasteiger partial charge in [-0.3, -0.25) is 4.68 Å². The van der Waals surface area contributed by atoms with E-state index in [-0.39, 0.29) is 11.3 Å². The lowest BCUT2D eigenvalue weighted by atomic mass is 9.62. The topological polar surface area (TPSA) is 47.3 Å². The van der Waals surface area contributed by atoms with Crippen LogP contribution in [-0.4, -0.2) is 22.0 Å². The number of rotatable bonds is 2. The van der Waals surface area contributed by atoms with E-state index in [2.05, 4.69) is 25.9 Å². The Labute approximate surface area is 115 Å². The molecule has 0 aromatic carbocycles. The zero-order chi connectivity index (χ0) is 14.3. The second kappa shape index (κ2) is 4.82. The SMILES string of the molecule is COc1cnn(C)c1C1(O)CCCCC1C(C)(C)C. The van der Waals surface area contributed by atoms with Crippen LogP contribution in [-0.2, 0) is 12.6 Å². The standard InChI is InChI=1S/C15H26N2O2/c1-14(2,3)12-8-6-7-9-15(12,18)13-11(19-5)10-16-17(13)4/h10,12,18H,6-9H2,1-5H3. The summed E-state index contributed by atoms with van der Waals surface area (Å²) in [5, 5.41) is 15.6. The molecular weight excluding hydrogens is 240 g/mol. The molecule has 4 nitrogen and oxygen atoms in total. The molecule has 0 bridgehead atoms. The third kappa shape index (κ3) is 2.38. The van der Waals surface area contributed by atoms with Gasteiger partial charge in [-0.2, -0.15) is 5.10 Å². The quantitative estimate of drug-likeness (QED) is 0.895. The molecular formula is C15H26N2O2. The van der Waals surface area contributed by atoms with Gasteiger partial charge in [0.2, 0.25) is 0 Å². The van der Waals surface area contributed by atoms with Crippen LogP contribution >= 0.6 is 0 Å². The van der Waals surface area contributed by atoms with E-state index in [0.29, 0.717) is 5.75 Å². The third-order valence-corrected chi connectivity index (χ3v) is 4.46. The van der Waals surface area contributed by atoms with Crippen molar-refractivity contribution >= 4 is 0 Å². The molecule has 4 heteroatoms. The summed E-state index contributed by atoms with van der Waals surface area (Å²) in [6.45, 7) is 6.62. The van der Waals surface area contributed by atoms with Gasteiger partial charge in [0.05, 0.1) is 13.3 Å². The van der Waals surface area contributed by atoms with Gasteiger partial charge in [0.1, 0.15) is 11.3 Å². The fraction of sp³-hybridized carbons (Fsp3) is 0.800. The van der Waals surface area contributed by atoms with Gasteiger partial charge in [0.25, 0.3) is 0 Å². The van der Waals surface area contributed by atoms with Gasteiger partial charge in [-0.05, 0) is 24.2 Å². The summed E-state index contributed by atoms with van der Waals surface area (Å²) >= 11 is 0. The third-order valence-electron chi connectivity index (χ3n) is 4.46. The maximum Gasteiger partial charge on any atom is 0.162 e. The Morgan fingerprint density at radius 1 is 1.42 bits per heavy atom. The number of hydrogen-bond acceptors (Lipinski definition) is 3. The summed E-state index contributed by atoms with van der Waals surface area (Å²) in [5.74, 6) is 0.916. The largest absolute Gasteiger partial charge is 0.493 e. The highest BCUT2D eigenvalue weighted by molar-refractivity contribution is 5.32. The van der Waals surface area contributed by atoms with Crippen molar-refractivity contribution in [2.75, 3.05) is 7.11 Å². The van der Waals surface area contributed by atoms with Crippen LogP contribution in [0.2, 0.25) is 0 Å². The molecule has 1 fully saturated rings. The number of methoxy groups -OCH3 is 1. The smallest absolute Gasteiger partial charge is 0.162 e. The van der Waals surface area contributed by atoms with Crippen molar-refractivity contribution in [2.45, 2.75) is 52.1 Å². The van der Waals surface area contributed by atoms with Crippen molar-refractivity contribution in [3.05, 3.63) is 11.9 Å². The van der Waals surface area contributed by atoms with Crippen LogP contribution in [0.3, 0.4) is 0 Å². The molecule has 1 N–H and O–H groups in total. The summed E-state index contributed by atoms with van der Waals surface area (Å²) in [4.78, 5) is 0. The minimum Gasteiger partial charge on any atom is -0.493 e. The fourth-order valence-corrected chi connectivity index (χ4v) is 3.65. The Bertz CT molecular complexity index is 447. The van der Waals surface area contributed by atoms with Crippen molar-refractivity contribution in [1.82, 2.24) is 9.78 Å². The highest BCUT2D eigenvalue weighted by Crippen LogP contribution is 2.51. The van der Waals surface area contributed by atoms with Gasteiger partial charge in [-0.15, -0.1) is 0 Å². The Hall–Kier alpha value is -1.03. The van der Waals surface area contributed by atoms with E-state index in [9.17, 15) is 5.11 Å². The van der Waals surface area contributed by atoms with Crippen molar-refractivity contribution in [1.29, 1.82) is 0 Å². The molecule has 1 aliphatic carbocycles. The van der Waals surface area contributed by atoms with Gasteiger partial charge in [0, 0.05) is 7.05 Å². The summed E-state index contributed by atoms with van der Waals surface area (Å²) in [7, 11) is 3.52. The average Bonchev–Trinajstić information content (AvgIpc) is 2.70. The Balaban J connectivity index is 2.51. The van der Waals surface area contributed by atoms with E-state index in [4.69, 9.17) is 4.74 Å². The van der Waals surface area contributed by atoms with E-state index in [0.717, 1.165) is 25.0 Å². The molecule has 2 rings (SSSR count). The number of aliphatic hydroxyl groups is 1. The number of aryl methyl sites for hydroxylation is 1. The Morgan fingerprint density at radius 3 is 2.68 bits per heavy atom. The van der Waals surface area contributed by atoms with Crippen molar-refractivity contribution in [2.24, 2.45) is 18.4 Å². The van der Waals surface area contributed by atoms with E-state index in [1.54, 1.807) is 18.0 Å². The lowest BCUT2D eigenvalue weighted by molar-refractivity contribution is -0.102. The van der Waals surface area contributed by atoms with E-state index in [1.807, 2.05) is 7.05 Å². The molecule has 1 heterocycles. The number of ether oxygens (including phenoxy) is 1. The summed E-state index contributed by atoms with van der Waals surface area (Å²) in [6.07, 6.45) is 5.77. The van der Waals surface area contributed by atoms with Crippen molar-refractivity contribution in [3.63, 3.8) is 0 Å². The Kier molecular flexibility index (Phi) is 3.65. The van der Waals surface area contributed by atoms with Crippen LogP contribution in [0, 0.1) is 11.3 Å². The normalized spacial score (nSPS) is 28.4. The molecule has 0 saturated heterocycles. The molecule has 1 aliphatic rings. The second-order valence-corrected chi connectivity index (χ2v) is 6.77. The van der Waals surface area contributed by atoms with Crippen LogP contribution in [0.5, 0.6) is 5.75 Å². The van der Waals surface area contributed by atoms with Crippen LogP contribution in [0.1, 0.15) is 52.1 Å². The molecule has 0 amide bonds. The van der Waals surface area contributed by atoms with Gasteiger partial charge in [-0.25, -0.2) is 0 Å². The van der Waals surface area contributed by atoms with Gasteiger partial charge >= 0.3 is 0 Å². The molecule has 108 valence electrons. The monoisotopic (exact) mass is 266 g/mol. The van der Waals surface area contributed by atoms with Crippen molar-refractivity contribution in [3.8, 4) is 5.75 Å². The van der Waals surface area contributed by atoms with Crippen LogP contribution in [0.4, 0.5) is 0 Å². The molecule has 0 radical (unpaired) electrons. The maximum absolute atomic E-state index is 11.4. The average molecular weight is 266 g/mol. The highest BCUT2D eigenvalue weighted by Gasteiger charge is 2.49.